The molecule has 0 saturated heterocycles. The largest absolute Gasteiger partial charge is 0.324 e. The summed E-state index contributed by atoms with van der Waals surface area (Å²) >= 11 is 7.06. The van der Waals surface area contributed by atoms with E-state index >= 15 is 0 Å². The average Bonchev–Trinajstić information content (AvgIpc) is 2.65. The summed E-state index contributed by atoms with van der Waals surface area (Å²) in [4.78, 5) is 4.42. The van der Waals surface area contributed by atoms with Crippen LogP contribution in [0.25, 0.3) is 0 Å². The van der Waals surface area contributed by atoms with E-state index in [1.165, 1.54) is 25.7 Å². The molecule has 0 saturated carbocycles. The lowest BCUT2D eigenvalue weighted by molar-refractivity contribution is 0.578. The number of nitrogens with zero attached hydrogens (tertiary/aromatic N) is 2. The van der Waals surface area contributed by atoms with Crippen molar-refractivity contribution in [3.8, 4) is 0 Å². The molecule has 0 aliphatic heterocycles. The summed E-state index contributed by atoms with van der Waals surface area (Å²) in [5, 5.41) is 1.12. The first-order chi connectivity index (χ1) is 6.34. The van der Waals surface area contributed by atoms with Crippen molar-refractivity contribution in [1.29, 1.82) is 0 Å². The van der Waals surface area contributed by atoms with Crippen LogP contribution in [0.3, 0.4) is 0 Å². The smallest absolute Gasteiger partial charge is 0.0955 e. The van der Waals surface area contributed by atoms with Crippen LogP contribution in [0, 0.1) is 0 Å². The minimum absolute atomic E-state index is 0.408. The Morgan fingerprint density at radius 3 is 2.77 bits per heavy atom. The highest BCUT2D eigenvalue weighted by atomic mass is 79.9. The Kier molecular flexibility index (Phi) is 5.71. The van der Waals surface area contributed by atoms with Gasteiger partial charge in [0, 0.05) is 17.7 Å². The topological polar surface area (TPSA) is 17.8 Å². The Morgan fingerprint density at radius 1 is 1.31 bits per heavy atom. The Bertz CT molecular complexity index is 211. The number of aromatic nitrogens is 2. The van der Waals surface area contributed by atoms with Crippen LogP contribution < -0.4 is 0 Å². The maximum Gasteiger partial charge on any atom is 0.0955 e. The second-order valence-corrected chi connectivity index (χ2v) is 4.83. The summed E-state index contributed by atoms with van der Waals surface area (Å²) < 4.78 is 2.09. The van der Waals surface area contributed by atoms with Gasteiger partial charge in [0.15, 0.2) is 0 Å². The quantitative estimate of drug-likeness (QED) is 0.578. The van der Waals surface area contributed by atoms with Gasteiger partial charge in [-0.2, -0.15) is 0 Å². The summed E-state index contributed by atoms with van der Waals surface area (Å²) in [6.45, 7) is 0. The minimum atomic E-state index is 0.408. The highest BCUT2D eigenvalue weighted by molar-refractivity contribution is 9.09. The summed E-state index contributed by atoms with van der Waals surface area (Å²) in [5.74, 6) is 0. The first-order valence-corrected chi connectivity index (χ1v) is 6.56. The zero-order valence-corrected chi connectivity index (χ0v) is 10.7. The molecule has 1 heterocycles. The van der Waals surface area contributed by atoms with Crippen LogP contribution >= 0.6 is 31.9 Å². The fourth-order valence-electron chi connectivity index (χ4n) is 1.17. The molecule has 0 aliphatic carbocycles. The monoisotopic (exact) mass is 308 g/mol. The summed E-state index contributed by atoms with van der Waals surface area (Å²) in [6.07, 6.45) is 10.6. The average molecular weight is 310 g/mol. The van der Waals surface area contributed by atoms with E-state index in [0.717, 1.165) is 5.33 Å². The molecule has 1 rings (SSSR count). The fourth-order valence-corrected chi connectivity index (χ4v) is 2.13. The fraction of sp³-hybridized carbons (Fsp3) is 0.667. The molecule has 13 heavy (non-hydrogen) atoms. The number of rotatable bonds is 6. The van der Waals surface area contributed by atoms with Crippen LogP contribution in [0.1, 0.15) is 30.6 Å². The lowest BCUT2D eigenvalue weighted by atomic mass is 10.2. The van der Waals surface area contributed by atoms with Crippen molar-refractivity contribution in [3.63, 3.8) is 0 Å². The van der Waals surface area contributed by atoms with Gasteiger partial charge in [0.25, 0.3) is 0 Å². The molecule has 0 bridgehead atoms. The number of halogens is 2. The predicted molar refractivity (Wildman–Crippen MR) is 62.5 cm³/mol. The highest BCUT2D eigenvalue weighted by Gasteiger charge is 2.03. The number of hydrogen-bond donors (Lipinski definition) is 0. The third-order valence-corrected chi connectivity index (χ3v) is 3.42. The van der Waals surface area contributed by atoms with Gasteiger partial charge in [-0.25, -0.2) is 4.98 Å². The van der Waals surface area contributed by atoms with Gasteiger partial charge in [0.2, 0.25) is 0 Å². The third kappa shape index (κ3) is 4.27. The van der Waals surface area contributed by atoms with E-state index in [2.05, 4.69) is 41.4 Å². The maximum atomic E-state index is 4.01. The molecule has 0 fully saturated rings. The van der Waals surface area contributed by atoms with Crippen molar-refractivity contribution >= 4 is 31.9 Å². The Morgan fingerprint density at radius 2 is 2.15 bits per heavy atom. The molecule has 0 N–H and O–H groups in total. The van der Waals surface area contributed by atoms with E-state index in [1.54, 1.807) is 0 Å². The lowest BCUT2D eigenvalue weighted by Gasteiger charge is -2.10. The highest BCUT2D eigenvalue weighted by Crippen LogP contribution is 2.21. The molecular weight excluding hydrogens is 296 g/mol. The van der Waals surface area contributed by atoms with Crippen LogP contribution in [0.2, 0.25) is 0 Å². The molecule has 74 valence electrons. The molecule has 0 aromatic carbocycles. The normalized spacial score (nSPS) is 13.1. The Hall–Kier alpha value is 0.170. The van der Waals surface area contributed by atoms with Crippen molar-refractivity contribution in [2.45, 2.75) is 30.6 Å². The van der Waals surface area contributed by atoms with Gasteiger partial charge in [-0.1, -0.05) is 44.7 Å². The van der Waals surface area contributed by atoms with E-state index in [4.69, 9.17) is 0 Å². The Balaban J connectivity index is 2.15. The third-order valence-electron chi connectivity index (χ3n) is 1.92. The van der Waals surface area contributed by atoms with Crippen molar-refractivity contribution in [3.05, 3.63) is 18.7 Å². The van der Waals surface area contributed by atoms with Gasteiger partial charge in [0.05, 0.1) is 11.3 Å². The minimum Gasteiger partial charge on any atom is -0.324 e. The first kappa shape index (κ1) is 11.2. The standard InChI is InChI=1S/C9H14Br2N2/c10-5-3-1-2-4-9(11)13-7-6-12-8-13/h6-9H,1-5H2. The molecule has 1 atom stereocenters. The molecule has 0 radical (unpaired) electrons. The molecule has 0 spiro atoms. The lowest BCUT2D eigenvalue weighted by Crippen LogP contribution is -1.98. The van der Waals surface area contributed by atoms with Crippen molar-refractivity contribution in [2.24, 2.45) is 0 Å². The number of imidazole rings is 1. The van der Waals surface area contributed by atoms with E-state index < -0.39 is 0 Å². The molecule has 2 nitrogen and oxygen atoms in total. The van der Waals surface area contributed by atoms with Crippen LogP contribution in [0.4, 0.5) is 0 Å². The Labute approximate surface area is 96.0 Å². The SMILES string of the molecule is BrCCCCCC(Br)n1ccnc1. The van der Waals surface area contributed by atoms with Crippen molar-refractivity contribution in [1.82, 2.24) is 9.55 Å². The van der Waals surface area contributed by atoms with Crippen LogP contribution in [0.5, 0.6) is 0 Å². The molecular formula is C9H14Br2N2. The molecule has 1 aromatic heterocycles. The zero-order valence-electron chi connectivity index (χ0n) is 7.50. The molecule has 4 heteroatoms. The maximum absolute atomic E-state index is 4.01. The molecule has 1 aromatic rings. The van der Waals surface area contributed by atoms with Gasteiger partial charge in [-0.3, -0.25) is 0 Å². The molecule has 0 aliphatic rings. The molecule has 1 unspecified atom stereocenters. The van der Waals surface area contributed by atoms with Crippen LogP contribution in [0.15, 0.2) is 18.7 Å². The second kappa shape index (κ2) is 6.60. The van der Waals surface area contributed by atoms with Crippen LogP contribution in [-0.2, 0) is 0 Å². The van der Waals surface area contributed by atoms with E-state index in [1.807, 2.05) is 18.7 Å². The van der Waals surface area contributed by atoms with Gasteiger partial charge in [-0.15, -0.1) is 0 Å². The van der Waals surface area contributed by atoms with Gasteiger partial charge in [0.1, 0.15) is 0 Å². The summed E-state index contributed by atoms with van der Waals surface area (Å²) in [5.41, 5.74) is 0. The van der Waals surface area contributed by atoms with Crippen LogP contribution in [-0.4, -0.2) is 14.9 Å². The van der Waals surface area contributed by atoms with E-state index in [9.17, 15) is 0 Å². The zero-order chi connectivity index (χ0) is 9.52. The second-order valence-electron chi connectivity index (χ2n) is 2.98. The van der Waals surface area contributed by atoms with E-state index in [0.29, 0.717) is 4.95 Å². The summed E-state index contributed by atoms with van der Waals surface area (Å²) in [7, 11) is 0. The number of hydrogen-bond acceptors (Lipinski definition) is 1. The predicted octanol–water partition coefficient (Wildman–Crippen LogP) is 3.73. The van der Waals surface area contributed by atoms with Gasteiger partial charge >= 0.3 is 0 Å². The summed E-state index contributed by atoms with van der Waals surface area (Å²) in [6, 6.07) is 0. The number of unbranched alkanes of at least 4 members (excludes halogenated alkanes) is 2. The first-order valence-electron chi connectivity index (χ1n) is 4.52. The van der Waals surface area contributed by atoms with Gasteiger partial charge in [-0.05, 0) is 12.8 Å². The van der Waals surface area contributed by atoms with Gasteiger partial charge < -0.3 is 4.57 Å². The number of alkyl halides is 2. The van der Waals surface area contributed by atoms with Crippen molar-refractivity contribution in [2.75, 3.05) is 5.33 Å². The molecule has 0 amide bonds. The van der Waals surface area contributed by atoms with Crippen molar-refractivity contribution < 1.29 is 0 Å². The van der Waals surface area contributed by atoms with E-state index in [-0.39, 0.29) is 0 Å².